The minimum absolute atomic E-state index is 0.0965. The first-order valence-corrected chi connectivity index (χ1v) is 14.6. The third-order valence-corrected chi connectivity index (χ3v) is 7.11. The summed E-state index contributed by atoms with van der Waals surface area (Å²) < 4.78 is 0. The van der Waals surface area contributed by atoms with E-state index in [0.717, 1.165) is 25.7 Å². The monoisotopic (exact) mass is 578 g/mol. The molecule has 10 N–H and O–H groups in total. The lowest BCUT2D eigenvalue weighted by Crippen LogP contribution is -2.59. The minimum atomic E-state index is -1.05. The number of guanidine groups is 1. The Balaban J connectivity index is 3.21. The van der Waals surface area contributed by atoms with Gasteiger partial charge in [-0.15, -0.1) is 0 Å². The Morgan fingerprint density at radius 1 is 1.02 bits per heavy atom. The van der Waals surface area contributed by atoms with Crippen LogP contribution < -0.4 is 38.5 Å². The Morgan fingerprint density at radius 2 is 1.73 bits per heavy atom. The molecule has 1 aliphatic rings. The van der Waals surface area contributed by atoms with Crippen LogP contribution in [0.3, 0.4) is 0 Å². The lowest BCUT2D eigenvalue weighted by Gasteiger charge is -2.28. The largest absolute Gasteiger partial charge is 0.370 e. The van der Waals surface area contributed by atoms with Crippen LogP contribution in [0.2, 0.25) is 0 Å². The summed E-state index contributed by atoms with van der Waals surface area (Å²) in [5, 5.41) is 11.0. The van der Waals surface area contributed by atoms with E-state index in [-0.39, 0.29) is 43.1 Å². The van der Waals surface area contributed by atoms with Crippen molar-refractivity contribution in [3.8, 4) is 0 Å². The Hall–Kier alpha value is -3.64. The topological polar surface area (TPSA) is 224 Å². The lowest BCUT2D eigenvalue weighted by molar-refractivity contribution is -0.135. The fourth-order valence-electron chi connectivity index (χ4n) is 4.38. The smallest absolute Gasteiger partial charge is 0.243 e. The van der Waals surface area contributed by atoms with Gasteiger partial charge in [0.1, 0.15) is 24.2 Å². The highest BCUT2D eigenvalue weighted by molar-refractivity contribution is 5.95. The number of hydrogen-bond acceptors (Lipinski definition) is 6. The standard InChI is InChI=1S/C28H50N8O5/c1-5-18(4)23-27(41)34-19(13-10-8-6-7-9-11-15-21(37)35-23)25(39)33-20(14-12-16-32-28(30)31)26(40)36-22(17(2)3)24(29)38/h8,10,17-20,22-23H,5-7,9,11-16H2,1-4H3,(H2,29,38)(H,33,39)(H,34,41)(H,35,37)(H,36,40)(H4,30,31,32)/t18-,19+,20+,22+,23+/m1/s1. The fraction of sp³-hybridized carbons (Fsp3) is 0.714. The summed E-state index contributed by atoms with van der Waals surface area (Å²) in [7, 11) is 0. The van der Waals surface area contributed by atoms with Crippen molar-refractivity contribution >= 4 is 35.5 Å². The van der Waals surface area contributed by atoms with Gasteiger partial charge in [-0.3, -0.25) is 29.0 Å². The summed E-state index contributed by atoms with van der Waals surface area (Å²) in [5.74, 6) is -3.07. The molecule has 0 saturated carbocycles. The number of rotatable bonds is 12. The van der Waals surface area contributed by atoms with Gasteiger partial charge in [0.15, 0.2) is 5.96 Å². The quantitative estimate of drug-likeness (QED) is 0.0730. The number of nitrogens with one attached hydrogen (secondary N) is 4. The number of aliphatic imine (C=N–C) groups is 1. The van der Waals surface area contributed by atoms with E-state index in [4.69, 9.17) is 17.2 Å². The molecule has 0 aromatic rings. The van der Waals surface area contributed by atoms with Crippen LogP contribution in [0, 0.1) is 11.8 Å². The molecule has 0 bridgehead atoms. The van der Waals surface area contributed by atoms with Crippen LogP contribution in [-0.4, -0.2) is 66.2 Å². The van der Waals surface area contributed by atoms with Gasteiger partial charge in [-0.05, 0) is 50.4 Å². The maximum Gasteiger partial charge on any atom is 0.243 e. The van der Waals surface area contributed by atoms with Crippen molar-refractivity contribution in [1.82, 2.24) is 21.3 Å². The third-order valence-electron chi connectivity index (χ3n) is 7.11. The lowest BCUT2D eigenvalue weighted by atomic mass is 9.97. The predicted molar refractivity (Wildman–Crippen MR) is 158 cm³/mol. The number of amides is 5. The van der Waals surface area contributed by atoms with Gasteiger partial charge in [0.2, 0.25) is 29.5 Å². The number of carbonyl (C=O) groups is 5. The number of allylic oxidation sites excluding steroid dienone is 1. The van der Waals surface area contributed by atoms with Crippen LogP contribution in [-0.2, 0) is 24.0 Å². The van der Waals surface area contributed by atoms with E-state index in [2.05, 4.69) is 26.3 Å². The molecule has 13 heteroatoms. The van der Waals surface area contributed by atoms with Gasteiger partial charge in [0.25, 0.3) is 0 Å². The van der Waals surface area contributed by atoms with Crippen LogP contribution in [0.1, 0.15) is 85.5 Å². The number of nitrogens with zero attached hydrogens (tertiary/aromatic N) is 1. The van der Waals surface area contributed by atoms with Gasteiger partial charge in [-0.1, -0.05) is 52.7 Å². The van der Waals surface area contributed by atoms with Crippen molar-refractivity contribution in [3.63, 3.8) is 0 Å². The molecule has 5 amide bonds. The zero-order valence-corrected chi connectivity index (χ0v) is 24.9. The first-order chi connectivity index (χ1) is 19.4. The summed E-state index contributed by atoms with van der Waals surface area (Å²) in [6.07, 6.45) is 8.76. The number of primary amides is 1. The molecule has 13 nitrogen and oxygen atoms in total. The summed E-state index contributed by atoms with van der Waals surface area (Å²) in [4.78, 5) is 68.4. The highest BCUT2D eigenvalue weighted by atomic mass is 16.2. The summed E-state index contributed by atoms with van der Waals surface area (Å²) in [6.45, 7) is 7.50. The van der Waals surface area contributed by atoms with E-state index in [9.17, 15) is 24.0 Å². The highest BCUT2D eigenvalue weighted by Crippen LogP contribution is 2.12. The molecule has 1 rings (SSSR count). The molecule has 1 heterocycles. The molecule has 232 valence electrons. The average Bonchev–Trinajstić information content (AvgIpc) is 2.90. The Kier molecular flexibility index (Phi) is 16.1. The second-order valence-electron chi connectivity index (χ2n) is 10.9. The van der Waals surface area contributed by atoms with Crippen LogP contribution in [0.5, 0.6) is 0 Å². The van der Waals surface area contributed by atoms with E-state index in [0.29, 0.717) is 19.3 Å². The number of carbonyl (C=O) groups excluding carboxylic acids is 5. The molecule has 0 aromatic carbocycles. The first-order valence-electron chi connectivity index (χ1n) is 14.6. The fourth-order valence-corrected chi connectivity index (χ4v) is 4.38. The van der Waals surface area contributed by atoms with Crippen molar-refractivity contribution in [2.24, 2.45) is 34.0 Å². The summed E-state index contributed by atoms with van der Waals surface area (Å²) in [6, 6.07) is -3.79. The van der Waals surface area contributed by atoms with E-state index in [1.807, 2.05) is 26.0 Å². The molecular formula is C28H50N8O5. The normalized spacial score (nSPS) is 20.9. The van der Waals surface area contributed by atoms with E-state index < -0.39 is 47.8 Å². The highest BCUT2D eigenvalue weighted by Gasteiger charge is 2.32. The van der Waals surface area contributed by atoms with Crippen molar-refractivity contribution in [2.45, 2.75) is 110 Å². The van der Waals surface area contributed by atoms with Gasteiger partial charge in [0.05, 0.1) is 0 Å². The van der Waals surface area contributed by atoms with Crippen molar-refractivity contribution < 1.29 is 24.0 Å². The van der Waals surface area contributed by atoms with Gasteiger partial charge in [-0.2, -0.15) is 0 Å². The molecular weight excluding hydrogens is 528 g/mol. The molecule has 0 saturated heterocycles. The number of nitrogens with two attached hydrogens (primary N) is 3. The molecule has 5 atom stereocenters. The maximum atomic E-state index is 13.5. The Bertz CT molecular complexity index is 948. The molecule has 1 aliphatic heterocycles. The van der Waals surface area contributed by atoms with Crippen LogP contribution in [0.4, 0.5) is 0 Å². The summed E-state index contributed by atoms with van der Waals surface area (Å²) in [5.41, 5.74) is 16.2. The van der Waals surface area contributed by atoms with Crippen LogP contribution in [0.25, 0.3) is 0 Å². The van der Waals surface area contributed by atoms with Crippen molar-refractivity contribution in [2.75, 3.05) is 6.54 Å². The van der Waals surface area contributed by atoms with E-state index in [1.54, 1.807) is 13.8 Å². The van der Waals surface area contributed by atoms with Crippen molar-refractivity contribution in [1.29, 1.82) is 0 Å². The zero-order valence-electron chi connectivity index (χ0n) is 24.9. The molecule has 0 fully saturated rings. The molecule has 0 unspecified atom stereocenters. The SMILES string of the molecule is CC[C@@H](C)[C@@H]1NC(=O)CCCCCC=CC[C@@H](C(=O)N[C@@H](CCCN=C(N)N)C(=O)N[C@H](C(N)=O)C(C)C)NC1=O. The summed E-state index contributed by atoms with van der Waals surface area (Å²) >= 11 is 0. The maximum absolute atomic E-state index is 13.5. The number of hydrogen-bond donors (Lipinski definition) is 7. The second kappa shape index (κ2) is 18.7. The van der Waals surface area contributed by atoms with E-state index in [1.165, 1.54) is 0 Å². The second-order valence-corrected chi connectivity index (χ2v) is 10.9. The van der Waals surface area contributed by atoms with Gasteiger partial charge >= 0.3 is 0 Å². The van der Waals surface area contributed by atoms with Gasteiger partial charge < -0.3 is 38.5 Å². The first kappa shape index (κ1) is 35.4. The molecule has 0 spiro atoms. The van der Waals surface area contributed by atoms with Crippen LogP contribution in [0.15, 0.2) is 17.1 Å². The van der Waals surface area contributed by atoms with Gasteiger partial charge in [-0.25, -0.2) is 0 Å². The minimum Gasteiger partial charge on any atom is -0.370 e. The molecule has 0 aliphatic carbocycles. The molecule has 41 heavy (non-hydrogen) atoms. The average molecular weight is 579 g/mol. The van der Waals surface area contributed by atoms with Crippen molar-refractivity contribution in [3.05, 3.63) is 12.2 Å². The third kappa shape index (κ3) is 13.5. The Labute approximate surface area is 243 Å². The molecule has 0 aromatic heterocycles. The zero-order chi connectivity index (χ0) is 30.9. The van der Waals surface area contributed by atoms with Crippen LogP contribution >= 0.6 is 0 Å². The molecule has 0 radical (unpaired) electrons. The Morgan fingerprint density at radius 3 is 2.34 bits per heavy atom. The predicted octanol–water partition coefficient (Wildman–Crippen LogP) is 0.0770. The van der Waals surface area contributed by atoms with Gasteiger partial charge in [0, 0.05) is 13.0 Å². The van der Waals surface area contributed by atoms with E-state index >= 15 is 0 Å².